The maximum Gasteiger partial charge on any atom is 0.265 e. The molecule has 0 saturated heterocycles. The first kappa shape index (κ1) is 44.8. The number of benzene rings is 7. The minimum Gasteiger partial charge on any atom is -0.378 e. The smallest absolute Gasteiger partial charge is 0.265 e. The first-order valence-electron chi connectivity index (χ1n) is 24.9. The lowest BCUT2D eigenvalue weighted by molar-refractivity contribution is -0.126. The van der Waals surface area contributed by atoms with Crippen LogP contribution in [0.15, 0.2) is 174 Å². The van der Waals surface area contributed by atoms with Gasteiger partial charge in [-0.15, -0.1) is 0 Å². The summed E-state index contributed by atoms with van der Waals surface area (Å²) < 4.78 is 0. The van der Waals surface area contributed by atoms with Crippen molar-refractivity contribution in [2.75, 3.05) is 47.8 Å². The average molecular weight is 943 g/mol. The monoisotopic (exact) mass is 942 g/mol. The molecule has 0 aromatic heterocycles. The Labute approximate surface area is 420 Å². The Kier molecular flexibility index (Phi) is 10.4. The van der Waals surface area contributed by atoms with Gasteiger partial charge in [0.05, 0.1) is 17.3 Å². The van der Waals surface area contributed by atoms with E-state index in [0.717, 1.165) is 83.6 Å². The van der Waals surface area contributed by atoms with Gasteiger partial charge >= 0.3 is 0 Å². The molecule has 354 valence electrons. The van der Waals surface area contributed by atoms with Crippen LogP contribution in [0.2, 0.25) is 0 Å². The van der Waals surface area contributed by atoms with Gasteiger partial charge in [0.1, 0.15) is 0 Å². The maximum absolute atomic E-state index is 14.8. The van der Waals surface area contributed by atoms with Crippen molar-refractivity contribution in [3.05, 3.63) is 208 Å². The number of carbonyl (C=O) groups excluding carboxylic acids is 4. The van der Waals surface area contributed by atoms with Crippen molar-refractivity contribution >= 4 is 62.7 Å². The number of nitrogens with zero attached hydrogens (tertiary/aromatic N) is 4. The summed E-state index contributed by atoms with van der Waals surface area (Å²) in [5.41, 5.74) is 17.9. The molecule has 0 fully saturated rings. The molecular formula is C64H54N4O4. The van der Waals surface area contributed by atoms with Gasteiger partial charge in [-0.05, 0) is 126 Å². The summed E-state index contributed by atoms with van der Waals surface area (Å²) in [6, 6.07) is 45.0. The fraction of sp³-hybridized carbons (Fsp3) is 0.188. The number of anilines is 4. The number of rotatable bonds is 9. The van der Waals surface area contributed by atoms with Gasteiger partial charge in [0.2, 0.25) is 5.91 Å². The van der Waals surface area contributed by atoms with Crippen LogP contribution < -0.4 is 19.6 Å². The molecule has 2 aliphatic heterocycles. The molecule has 7 aromatic rings. The molecule has 2 heterocycles. The maximum atomic E-state index is 14.8. The number of imide groups is 2. The summed E-state index contributed by atoms with van der Waals surface area (Å²) in [5.74, 6) is -2.03. The standard InChI is InChI=1S/C64H54N4O4/c1-35(2)44-10-9-11-45(36(3)4)60(44)68-63(71)52-31-27-48-46-25-29-50-58-51(30-26-47(56(46)58)49-28-32-53(64(68)72)59(52)57(48)49)62(70)67(61(50)69)42-22-20-40(21-23-42)38-14-12-37(13-15-38)39-16-18-41(19-17-39)54-34-43(65(5)6)24-33-55(54)66(7)8/h9-36,48,53H,1-8H3. The Balaban J connectivity index is 0.830. The second kappa shape index (κ2) is 16.6. The Bertz CT molecular complexity index is 3610. The summed E-state index contributed by atoms with van der Waals surface area (Å²) in [6.07, 6.45) is 7.90. The number of carbonyl (C=O) groups is 4. The highest BCUT2D eigenvalue weighted by molar-refractivity contribution is 6.37. The summed E-state index contributed by atoms with van der Waals surface area (Å²) in [4.78, 5) is 65.8. The van der Waals surface area contributed by atoms with E-state index in [1.807, 2.05) is 85.0 Å². The number of hydrogen-bond acceptors (Lipinski definition) is 6. The van der Waals surface area contributed by atoms with E-state index in [1.54, 1.807) is 0 Å². The molecule has 8 nitrogen and oxygen atoms in total. The van der Waals surface area contributed by atoms with Gasteiger partial charge in [-0.25, -0.2) is 9.80 Å². The van der Waals surface area contributed by atoms with Gasteiger partial charge in [0.15, 0.2) is 0 Å². The van der Waals surface area contributed by atoms with Crippen LogP contribution >= 0.6 is 0 Å². The first-order valence-corrected chi connectivity index (χ1v) is 24.9. The molecule has 4 amide bonds. The number of fused-ring (bicyclic) bond motifs is 2. The van der Waals surface area contributed by atoms with Gasteiger partial charge in [-0.1, -0.05) is 143 Å². The Morgan fingerprint density at radius 2 is 0.972 bits per heavy atom. The molecule has 0 bridgehead atoms. The number of hydrogen-bond donors (Lipinski definition) is 0. The molecule has 0 saturated carbocycles. The van der Waals surface area contributed by atoms with Crippen molar-refractivity contribution in [3.8, 4) is 33.4 Å². The third-order valence-corrected chi connectivity index (χ3v) is 15.4. The summed E-state index contributed by atoms with van der Waals surface area (Å²) in [5, 5.41) is 1.50. The first-order chi connectivity index (χ1) is 34.7. The van der Waals surface area contributed by atoms with Crippen LogP contribution in [0.5, 0.6) is 0 Å². The molecule has 8 heteroatoms. The number of para-hydroxylation sites is 1. The normalized spacial score (nSPS) is 17.5. The third kappa shape index (κ3) is 6.65. The number of amides is 4. The minimum absolute atomic E-state index is 0.0992. The van der Waals surface area contributed by atoms with Gasteiger partial charge in [0, 0.05) is 73.1 Å². The molecule has 0 spiro atoms. The van der Waals surface area contributed by atoms with E-state index in [1.165, 1.54) is 15.4 Å². The lowest BCUT2D eigenvalue weighted by atomic mass is 9.64. The fourth-order valence-corrected chi connectivity index (χ4v) is 11.8. The molecule has 5 aliphatic rings. The van der Waals surface area contributed by atoms with Crippen molar-refractivity contribution in [3.63, 3.8) is 0 Å². The summed E-state index contributed by atoms with van der Waals surface area (Å²) in [6.45, 7) is 8.37. The Morgan fingerprint density at radius 1 is 0.458 bits per heavy atom. The van der Waals surface area contributed by atoms with Crippen LogP contribution in [-0.2, 0) is 9.59 Å². The minimum atomic E-state index is -0.639. The van der Waals surface area contributed by atoms with Crippen LogP contribution in [0.1, 0.15) is 88.4 Å². The zero-order valence-electron chi connectivity index (χ0n) is 41.7. The molecular weight excluding hydrogens is 889 g/mol. The van der Waals surface area contributed by atoms with Crippen molar-refractivity contribution in [2.24, 2.45) is 5.92 Å². The average Bonchev–Trinajstić information content (AvgIpc) is 3.39. The fourth-order valence-electron chi connectivity index (χ4n) is 11.8. The van der Waals surface area contributed by atoms with Crippen LogP contribution in [0.3, 0.4) is 0 Å². The lowest BCUT2D eigenvalue weighted by Crippen LogP contribution is -2.49. The van der Waals surface area contributed by atoms with Gasteiger partial charge in [-0.2, -0.15) is 0 Å². The van der Waals surface area contributed by atoms with Gasteiger partial charge < -0.3 is 9.80 Å². The van der Waals surface area contributed by atoms with Crippen molar-refractivity contribution < 1.29 is 19.2 Å². The Hall–Kier alpha value is -8.36. The third-order valence-electron chi connectivity index (χ3n) is 15.4. The van der Waals surface area contributed by atoms with E-state index in [4.69, 9.17) is 0 Å². The lowest BCUT2D eigenvalue weighted by Gasteiger charge is -2.43. The van der Waals surface area contributed by atoms with Crippen molar-refractivity contribution in [1.82, 2.24) is 0 Å². The van der Waals surface area contributed by atoms with E-state index in [2.05, 4.69) is 138 Å². The molecule has 2 unspecified atom stereocenters. The van der Waals surface area contributed by atoms with E-state index in [0.29, 0.717) is 33.5 Å². The largest absolute Gasteiger partial charge is 0.378 e. The van der Waals surface area contributed by atoms with Crippen LogP contribution in [0, 0.1) is 5.92 Å². The van der Waals surface area contributed by atoms with Crippen LogP contribution in [0.25, 0.3) is 49.7 Å². The molecule has 7 aromatic carbocycles. The molecule has 2 atom stereocenters. The molecule has 3 aliphatic carbocycles. The second-order valence-corrected chi connectivity index (χ2v) is 20.7. The highest BCUT2D eigenvalue weighted by Crippen LogP contribution is 2.56. The molecule has 0 N–H and O–H groups in total. The molecule has 72 heavy (non-hydrogen) atoms. The topological polar surface area (TPSA) is 81.2 Å². The molecule has 0 radical (unpaired) electrons. The van der Waals surface area contributed by atoms with E-state index >= 15 is 0 Å². The Morgan fingerprint density at radius 3 is 1.54 bits per heavy atom. The number of allylic oxidation sites excluding steroid dienone is 4. The summed E-state index contributed by atoms with van der Waals surface area (Å²) in [7, 11) is 8.26. The van der Waals surface area contributed by atoms with E-state index in [9.17, 15) is 19.2 Å². The highest BCUT2D eigenvalue weighted by atomic mass is 16.2. The van der Waals surface area contributed by atoms with Crippen molar-refractivity contribution in [2.45, 2.75) is 45.4 Å². The zero-order valence-corrected chi connectivity index (χ0v) is 41.7. The van der Waals surface area contributed by atoms with Gasteiger partial charge in [0.25, 0.3) is 17.7 Å². The van der Waals surface area contributed by atoms with E-state index in [-0.39, 0.29) is 41.4 Å². The predicted octanol–water partition coefficient (Wildman–Crippen LogP) is 13.5. The van der Waals surface area contributed by atoms with Crippen LogP contribution in [-0.4, -0.2) is 51.8 Å². The zero-order chi connectivity index (χ0) is 50.0. The molecule has 12 rings (SSSR count). The van der Waals surface area contributed by atoms with E-state index < -0.39 is 5.92 Å². The van der Waals surface area contributed by atoms with Gasteiger partial charge in [-0.3, -0.25) is 19.2 Å². The quantitative estimate of drug-likeness (QED) is 0.134. The van der Waals surface area contributed by atoms with Crippen molar-refractivity contribution in [1.29, 1.82) is 0 Å². The SMILES string of the molecule is CC(C)c1cccc(C(C)C)c1N1C(=O)C2=C3C4=C(C=CC3C1=O)c1ccc3c5c(ccc(c15)C4C=C2)C(=O)N(c1ccc(-c2ccc(-c4ccc(-c5cc(N(C)C)ccc5N(C)C)cc4)cc2)cc1)C3=O. The predicted molar refractivity (Wildman–Crippen MR) is 292 cm³/mol. The highest BCUT2D eigenvalue weighted by Gasteiger charge is 2.48. The van der Waals surface area contributed by atoms with Crippen LogP contribution in [0.4, 0.5) is 22.7 Å². The summed E-state index contributed by atoms with van der Waals surface area (Å²) >= 11 is 0. The second-order valence-electron chi connectivity index (χ2n) is 20.7.